The minimum Gasteiger partial charge on any atom is -0.357 e. The Labute approximate surface area is 168 Å². The first-order valence-electron chi connectivity index (χ1n) is 10.3. The van der Waals surface area contributed by atoms with E-state index in [1.54, 1.807) is 16.4 Å². The number of rotatable bonds is 4. The highest BCUT2D eigenvalue weighted by molar-refractivity contribution is 7.89. The second-order valence-corrected chi connectivity index (χ2v) is 9.92. The lowest BCUT2D eigenvalue weighted by molar-refractivity contribution is 0.255. The molecule has 6 heteroatoms. The van der Waals surface area contributed by atoms with Crippen molar-refractivity contribution in [2.45, 2.75) is 56.9 Å². The average molecular weight is 400 g/mol. The Hall–Kier alpha value is -1.92. The van der Waals surface area contributed by atoms with Crippen molar-refractivity contribution in [3.63, 3.8) is 0 Å². The molecule has 150 valence electrons. The summed E-state index contributed by atoms with van der Waals surface area (Å²) < 4.78 is 28.4. The van der Waals surface area contributed by atoms with Crippen molar-refractivity contribution >= 4 is 15.8 Å². The average Bonchev–Trinajstić information content (AvgIpc) is 3.23. The smallest absolute Gasteiger partial charge is 0.243 e. The van der Waals surface area contributed by atoms with Crippen molar-refractivity contribution in [1.29, 1.82) is 0 Å². The van der Waals surface area contributed by atoms with Crippen LogP contribution in [0.5, 0.6) is 0 Å². The molecule has 0 bridgehead atoms. The quantitative estimate of drug-likeness (QED) is 0.773. The van der Waals surface area contributed by atoms with Gasteiger partial charge in [-0.1, -0.05) is 24.1 Å². The third-order valence-corrected chi connectivity index (χ3v) is 7.93. The van der Waals surface area contributed by atoms with E-state index in [-0.39, 0.29) is 6.04 Å². The van der Waals surface area contributed by atoms with Crippen molar-refractivity contribution in [3.05, 3.63) is 53.2 Å². The van der Waals surface area contributed by atoms with Gasteiger partial charge in [0.15, 0.2) is 0 Å². The molecular formula is C22H29N3O2S. The zero-order valence-corrected chi connectivity index (χ0v) is 17.6. The molecule has 2 saturated heterocycles. The lowest BCUT2D eigenvalue weighted by atomic mass is 9.95. The number of sulfonamides is 1. The second-order valence-electron chi connectivity index (χ2n) is 8.03. The van der Waals surface area contributed by atoms with Gasteiger partial charge in [0.05, 0.1) is 10.9 Å². The molecule has 0 spiro atoms. The number of piperidine rings is 1. The molecule has 0 saturated carbocycles. The normalized spacial score (nSPS) is 21.2. The van der Waals surface area contributed by atoms with Gasteiger partial charge in [0, 0.05) is 25.8 Å². The molecule has 1 unspecified atom stereocenters. The summed E-state index contributed by atoms with van der Waals surface area (Å²) in [5, 5.41) is 0. The predicted octanol–water partition coefficient (Wildman–Crippen LogP) is 4.21. The van der Waals surface area contributed by atoms with Gasteiger partial charge in [0.25, 0.3) is 0 Å². The molecule has 1 aromatic heterocycles. The molecule has 28 heavy (non-hydrogen) atoms. The fourth-order valence-corrected chi connectivity index (χ4v) is 6.04. The summed E-state index contributed by atoms with van der Waals surface area (Å²) in [4.78, 5) is 7.40. The van der Waals surface area contributed by atoms with Crippen LogP contribution in [0.3, 0.4) is 0 Å². The highest BCUT2D eigenvalue weighted by atomic mass is 32.2. The molecule has 2 aliphatic rings. The molecule has 0 aliphatic carbocycles. The molecule has 0 amide bonds. The van der Waals surface area contributed by atoms with Crippen molar-refractivity contribution in [1.82, 2.24) is 9.29 Å². The number of hydrogen-bond acceptors (Lipinski definition) is 4. The van der Waals surface area contributed by atoms with Crippen LogP contribution in [-0.4, -0.2) is 37.3 Å². The summed E-state index contributed by atoms with van der Waals surface area (Å²) in [6, 6.07) is 9.16. The van der Waals surface area contributed by atoms with Gasteiger partial charge >= 0.3 is 0 Å². The van der Waals surface area contributed by atoms with Crippen LogP contribution < -0.4 is 4.90 Å². The number of aromatic nitrogens is 1. The minimum absolute atomic E-state index is 0.139. The Morgan fingerprint density at radius 1 is 0.964 bits per heavy atom. The van der Waals surface area contributed by atoms with Gasteiger partial charge in [-0.15, -0.1) is 0 Å². The second kappa shape index (κ2) is 7.84. The first-order valence-corrected chi connectivity index (χ1v) is 11.7. The Balaban J connectivity index is 1.66. The first-order chi connectivity index (χ1) is 13.5. The van der Waals surface area contributed by atoms with E-state index < -0.39 is 10.0 Å². The van der Waals surface area contributed by atoms with Gasteiger partial charge in [-0.2, -0.15) is 4.31 Å². The maximum atomic E-state index is 13.4. The molecule has 2 aromatic rings. The zero-order valence-electron chi connectivity index (χ0n) is 16.8. The summed E-state index contributed by atoms with van der Waals surface area (Å²) >= 11 is 0. The van der Waals surface area contributed by atoms with E-state index in [1.807, 2.05) is 25.3 Å². The van der Waals surface area contributed by atoms with Gasteiger partial charge in [0.2, 0.25) is 10.0 Å². The van der Waals surface area contributed by atoms with Crippen molar-refractivity contribution in [2.75, 3.05) is 24.5 Å². The van der Waals surface area contributed by atoms with Crippen molar-refractivity contribution in [2.24, 2.45) is 0 Å². The molecule has 2 fully saturated rings. The Morgan fingerprint density at radius 2 is 1.64 bits per heavy atom. The van der Waals surface area contributed by atoms with Crippen LogP contribution in [0.4, 0.5) is 5.82 Å². The van der Waals surface area contributed by atoms with Gasteiger partial charge in [-0.05, 0) is 68.9 Å². The number of anilines is 1. The molecular weight excluding hydrogens is 370 g/mol. The van der Waals surface area contributed by atoms with Crippen LogP contribution in [0.2, 0.25) is 0 Å². The van der Waals surface area contributed by atoms with Crippen LogP contribution >= 0.6 is 0 Å². The number of pyridine rings is 1. The number of hydrogen-bond donors (Lipinski definition) is 0. The Bertz CT molecular complexity index is 935. The lowest BCUT2D eigenvalue weighted by Crippen LogP contribution is -2.38. The van der Waals surface area contributed by atoms with Gasteiger partial charge in [-0.25, -0.2) is 13.4 Å². The highest BCUT2D eigenvalue weighted by Gasteiger charge is 2.35. The van der Waals surface area contributed by atoms with Crippen LogP contribution in [0.15, 0.2) is 41.4 Å². The number of nitrogens with zero attached hydrogens (tertiary/aromatic N) is 3. The third-order valence-electron chi connectivity index (χ3n) is 6.01. The van der Waals surface area contributed by atoms with Crippen molar-refractivity contribution < 1.29 is 8.42 Å². The fraction of sp³-hybridized carbons (Fsp3) is 0.500. The molecule has 4 rings (SSSR count). The molecule has 0 radical (unpaired) electrons. The lowest BCUT2D eigenvalue weighted by Gasteiger charge is -2.35. The molecule has 5 nitrogen and oxygen atoms in total. The van der Waals surface area contributed by atoms with E-state index in [2.05, 4.69) is 17.9 Å². The van der Waals surface area contributed by atoms with E-state index in [1.165, 1.54) is 12.8 Å². The summed E-state index contributed by atoms with van der Waals surface area (Å²) in [5.41, 5.74) is 3.23. The summed E-state index contributed by atoms with van der Waals surface area (Å²) in [6.07, 6.45) is 7.13. The number of aryl methyl sites for hydroxylation is 2. The van der Waals surface area contributed by atoms with Gasteiger partial charge in [0.1, 0.15) is 5.82 Å². The molecule has 0 N–H and O–H groups in total. The van der Waals surface area contributed by atoms with Crippen LogP contribution in [0, 0.1) is 13.8 Å². The van der Waals surface area contributed by atoms with Gasteiger partial charge < -0.3 is 4.90 Å². The topological polar surface area (TPSA) is 53.5 Å². The monoisotopic (exact) mass is 399 g/mol. The van der Waals surface area contributed by atoms with Crippen LogP contribution in [0.25, 0.3) is 0 Å². The van der Waals surface area contributed by atoms with E-state index >= 15 is 0 Å². The third kappa shape index (κ3) is 3.67. The first kappa shape index (κ1) is 19.4. The summed E-state index contributed by atoms with van der Waals surface area (Å²) in [7, 11) is -3.52. The van der Waals surface area contributed by atoms with Crippen molar-refractivity contribution in [3.8, 4) is 0 Å². The summed E-state index contributed by atoms with van der Waals surface area (Å²) in [5.74, 6) is 1.02. The maximum absolute atomic E-state index is 13.4. The molecule has 1 aromatic carbocycles. The Morgan fingerprint density at radius 3 is 2.32 bits per heavy atom. The van der Waals surface area contributed by atoms with Crippen LogP contribution in [0.1, 0.15) is 54.8 Å². The predicted molar refractivity (Wildman–Crippen MR) is 112 cm³/mol. The zero-order chi connectivity index (χ0) is 19.7. The molecule has 3 heterocycles. The molecule has 1 atom stereocenters. The number of benzene rings is 1. The van der Waals surface area contributed by atoms with E-state index in [9.17, 15) is 8.42 Å². The fourth-order valence-electron chi connectivity index (χ4n) is 4.37. The highest BCUT2D eigenvalue weighted by Crippen LogP contribution is 2.37. The Kier molecular flexibility index (Phi) is 5.43. The van der Waals surface area contributed by atoms with E-state index in [4.69, 9.17) is 4.98 Å². The standard InChI is InChI=1S/C22H29N3O2S/c1-17-8-10-19(11-9-17)28(26,27)25-14-4-3-7-21(25)20-16-23-22(15-18(20)2)24-12-5-6-13-24/h8-11,15-16,21H,3-7,12-14H2,1-2H3. The SMILES string of the molecule is Cc1ccc(S(=O)(=O)N2CCCCC2c2cnc(N3CCCC3)cc2C)cc1. The largest absolute Gasteiger partial charge is 0.357 e. The maximum Gasteiger partial charge on any atom is 0.243 e. The minimum atomic E-state index is -3.52. The van der Waals surface area contributed by atoms with E-state index in [0.29, 0.717) is 11.4 Å². The molecule has 2 aliphatic heterocycles. The summed E-state index contributed by atoms with van der Waals surface area (Å²) in [6.45, 7) is 6.74. The van der Waals surface area contributed by atoms with E-state index in [0.717, 1.165) is 54.9 Å². The van der Waals surface area contributed by atoms with Crippen LogP contribution in [-0.2, 0) is 10.0 Å². The van der Waals surface area contributed by atoms with Gasteiger partial charge in [-0.3, -0.25) is 0 Å².